The maximum Gasteiger partial charge on any atom is 0.195 e. The Labute approximate surface area is 204 Å². The molecule has 3 heteroatoms. The van der Waals surface area contributed by atoms with Crippen molar-refractivity contribution in [1.29, 1.82) is 0 Å². The summed E-state index contributed by atoms with van der Waals surface area (Å²) in [5.74, 6) is -0.0573. The van der Waals surface area contributed by atoms with Crippen molar-refractivity contribution in [3.63, 3.8) is 0 Å². The van der Waals surface area contributed by atoms with Crippen molar-refractivity contribution in [2.24, 2.45) is 0 Å². The number of carbonyl (C=O) groups excluding carboxylic acids is 1. The number of carbonyl (C=O) groups is 1. The van der Waals surface area contributed by atoms with Gasteiger partial charge in [-0.3, -0.25) is 4.79 Å². The van der Waals surface area contributed by atoms with Crippen LogP contribution in [0.3, 0.4) is 0 Å². The van der Waals surface area contributed by atoms with E-state index in [1.807, 2.05) is 36.4 Å². The Hall–Kier alpha value is -3.30. The van der Waals surface area contributed by atoms with E-state index in [-0.39, 0.29) is 5.78 Å². The number of ketones is 1. The quantitative estimate of drug-likeness (QED) is 0.270. The molecule has 4 aromatic carbocycles. The summed E-state index contributed by atoms with van der Waals surface area (Å²) in [6.45, 7) is 12.6. The van der Waals surface area contributed by atoms with Crippen LogP contribution in [-0.4, -0.2) is 9.99 Å². The molecule has 5 rings (SSSR count). The lowest BCUT2D eigenvalue weighted by atomic mass is 9.90. The van der Waals surface area contributed by atoms with Gasteiger partial charge in [0.15, 0.2) is 5.78 Å². The third-order valence-electron chi connectivity index (χ3n) is 6.78. The van der Waals surface area contributed by atoms with Gasteiger partial charge in [0.05, 0.1) is 20.6 Å². The maximum atomic E-state index is 13.7. The summed E-state index contributed by atoms with van der Waals surface area (Å²) in [7, 11) is -1.39. The molecule has 4 aromatic rings. The van der Waals surface area contributed by atoms with Crippen LogP contribution in [0.4, 0.5) is 0 Å². The third-order valence-corrected chi connectivity index (χ3v) is 8.29. The zero-order chi connectivity index (χ0) is 24.3. The number of hydrogen-bond acceptors (Lipinski definition) is 2. The minimum Gasteiger partial charge on any atom is -0.289 e. The van der Waals surface area contributed by atoms with Gasteiger partial charge in [-0.25, -0.2) is 4.21 Å². The molecule has 0 aliphatic carbocycles. The standard InChI is InChI=1S/C31H28O2S/c1-17-11-19(3)29(20(4)12-17)23-7-9-27-25(15-23)31(32)26-16-24(8-10-28(26)34(27)33)30-21(5)13-18(2)14-22(30)6/h7-16H,1-6H3. The number of hydrogen-bond donors (Lipinski definition) is 0. The van der Waals surface area contributed by atoms with Crippen molar-refractivity contribution >= 4 is 16.6 Å². The minimum absolute atomic E-state index is 0.0573. The normalized spacial score (nSPS) is 13.1. The molecule has 0 unspecified atom stereocenters. The van der Waals surface area contributed by atoms with Gasteiger partial charge >= 0.3 is 0 Å². The van der Waals surface area contributed by atoms with E-state index in [1.165, 1.54) is 33.4 Å². The first-order valence-corrected chi connectivity index (χ1v) is 12.7. The first kappa shape index (κ1) is 22.5. The molecule has 0 saturated carbocycles. The Morgan fingerprint density at radius 2 is 0.882 bits per heavy atom. The van der Waals surface area contributed by atoms with E-state index in [4.69, 9.17) is 0 Å². The Bertz CT molecular complexity index is 1380. The molecule has 0 radical (unpaired) electrons. The first-order chi connectivity index (χ1) is 16.2. The van der Waals surface area contributed by atoms with Crippen LogP contribution < -0.4 is 0 Å². The van der Waals surface area contributed by atoms with Gasteiger partial charge in [-0.05, 0) is 110 Å². The molecule has 1 heterocycles. The second kappa shape index (κ2) is 8.18. The number of fused-ring (bicyclic) bond motifs is 2. The Balaban J connectivity index is 1.66. The van der Waals surface area contributed by atoms with Gasteiger partial charge in [-0.1, -0.05) is 47.5 Å². The zero-order valence-corrected chi connectivity index (χ0v) is 21.3. The Morgan fingerprint density at radius 3 is 1.24 bits per heavy atom. The van der Waals surface area contributed by atoms with Gasteiger partial charge in [0.1, 0.15) is 0 Å². The summed E-state index contributed by atoms with van der Waals surface area (Å²) in [4.78, 5) is 14.9. The number of benzene rings is 4. The van der Waals surface area contributed by atoms with Gasteiger partial charge in [0.25, 0.3) is 0 Å². The number of aryl methyl sites for hydroxylation is 6. The highest BCUT2D eigenvalue weighted by Crippen LogP contribution is 2.38. The van der Waals surface area contributed by atoms with Gasteiger partial charge in [0, 0.05) is 11.1 Å². The van der Waals surface area contributed by atoms with Crippen molar-refractivity contribution in [1.82, 2.24) is 0 Å². The maximum absolute atomic E-state index is 13.7. The van der Waals surface area contributed by atoms with Crippen LogP contribution >= 0.6 is 0 Å². The molecule has 0 N–H and O–H groups in total. The molecular formula is C31H28O2S. The summed E-state index contributed by atoms with van der Waals surface area (Å²) in [6.07, 6.45) is 0. The molecule has 0 saturated heterocycles. The van der Waals surface area contributed by atoms with Crippen LogP contribution in [0.2, 0.25) is 0 Å². The van der Waals surface area contributed by atoms with Crippen molar-refractivity contribution < 1.29 is 9.00 Å². The fourth-order valence-electron chi connectivity index (χ4n) is 5.58. The van der Waals surface area contributed by atoms with Gasteiger partial charge in [0.2, 0.25) is 0 Å². The summed E-state index contributed by atoms with van der Waals surface area (Å²) in [6, 6.07) is 20.2. The smallest absolute Gasteiger partial charge is 0.195 e. The van der Waals surface area contributed by atoms with E-state index in [2.05, 4.69) is 65.8 Å². The minimum atomic E-state index is -1.39. The fourth-order valence-corrected chi connectivity index (χ4v) is 6.91. The van der Waals surface area contributed by atoms with Crippen LogP contribution in [-0.2, 0) is 10.8 Å². The van der Waals surface area contributed by atoms with Crippen LogP contribution in [0.15, 0.2) is 70.5 Å². The van der Waals surface area contributed by atoms with Crippen LogP contribution in [0.1, 0.15) is 49.3 Å². The largest absolute Gasteiger partial charge is 0.289 e. The van der Waals surface area contributed by atoms with Gasteiger partial charge in [-0.2, -0.15) is 0 Å². The van der Waals surface area contributed by atoms with E-state index >= 15 is 0 Å². The van der Waals surface area contributed by atoms with E-state index in [0.29, 0.717) is 20.9 Å². The third kappa shape index (κ3) is 3.56. The van der Waals surface area contributed by atoms with E-state index < -0.39 is 10.8 Å². The van der Waals surface area contributed by atoms with Crippen molar-refractivity contribution in [2.45, 2.75) is 51.3 Å². The fraction of sp³-hybridized carbons (Fsp3) is 0.194. The second-order valence-electron chi connectivity index (χ2n) is 9.57. The van der Waals surface area contributed by atoms with Crippen molar-refractivity contribution in [3.05, 3.63) is 105 Å². The Morgan fingerprint density at radius 1 is 0.529 bits per heavy atom. The lowest BCUT2D eigenvalue weighted by molar-refractivity contribution is 0.103. The first-order valence-electron chi connectivity index (χ1n) is 11.6. The molecule has 0 bridgehead atoms. The molecule has 0 atom stereocenters. The topological polar surface area (TPSA) is 34.1 Å². The molecule has 2 nitrogen and oxygen atoms in total. The van der Waals surface area contributed by atoms with Crippen molar-refractivity contribution in [2.75, 3.05) is 0 Å². The Kier molecular flexibility index (Phi) is 5.41. The van der Waals surface area contributed by atoms with Crippen LogP contribution in [0.5, 0.6) is 0 Å². The average molecular weight is 465 g/mol. The molecule has 1 aliphatic rings. The molecule has 34 heavy (non-hydrogen) atoms. The summed E-state index contributed by atoms with van der Waals surface area (Å²) >= 11 is 0. The van der Waals surface area contributed by atoms with E-state index in [9.17, 15) is 9.00 Å². The van der Waals surface area contributed by atoms with Crippen LogP contribution in [0.25, 0.3) is 22.3 Å². The van der Waals surface area contributed by atoms with E-state index in [0.717, 1.165) is 22.3 Å². The van der Waals surface area contributed by atoms with Gasteiger partial charge < -0.3 is 0 Å². The molecule has 170 valence electrons. The highest BCUT2D eigenvalue weighted by Gasteiger charge is 2.30. The summed E-state index contributed by atoms with van der Waals surface area (Å²) < 4.78 is 13.5. The summed E-state index contributed by atoms with van der Waals surface area (Å²) in [5.41, 5.74) is 12.5. The SMILES string of the molecule is Cc1cc(C)c(-c2ccc3c(c2)C(=O)c2cc(-c4c(C)cc(C)cc4C)ccc2S3=O)c(C)c1. The monoisotopic (exact) mass is 464 g/mol. The predicted octanol–water partition coefficient (Wildman–Crippen LogP) is 7.58. The summed E-state index contributed by atoms with van der Waals surface area (Å²) in [5, 5.41) is 0. The highest BCUT2D eigenvalue weighted by molar-refractivity contribution is 7.85. The lowest BCUT2D eigenvalue weighted by Gasteiger charge is -2.21. The lowest BCUT2D eigenvalue weighted by Crippen LogP contribution is -2.16. The van der Waals surface area contributed by atoms with E-state index in [1.54, 1.807) is 0 Å². The molecule has 1 aliphatic heterocycles. The average Bonchev–Trinajstić information content (AvgIpc) is 2.76. The zero-order valence-electron chi connectivity index (χ0n) is 20.5. The van der Waals surface area contributed by atoms with Crippen LogP contribution in [0, 0.1) is 41.5 Å². The van der Waals surface area contributed by atoms with Gasteiger partial charge in [-0.15, -0.1) is 0 Å². The molecule has 0 fully saturated rings. The number of rotatable bonds is 2. The molecular weight excluding hydrogens is 436 g/mol. The molecule has 0 amide bonds. The predicted molar refractivity (Wildman–Crippen MR) is 140 cm³/mol. The molecule has 0 aromatic heterocycles. The van der Waals surface area contributed by atoms with Crippen molar-refractivity contribution in [3.8, 4) is 22.3 Å². The second-order valence-corrected chi connectivity index (χ2v) is 11.0. The highest BCUT2D eigenvalue weighted by atomic mass is 32.2. The molecule has 0 spiro atoms.